The van der Waals surface area contributed by atoms with E-state index in [2.05, 4.69) is 11.1 Å². The average Bonchev–Trinajstić information content (AvgIpc) is 2.53. The maximum Gasteiger partial charge on any atom is 0.221 e. The fourth-order valence-corrected chi connectivity index (χ4v) is 2.65. The van der Waals surface area contributed by atoms with Gasteiger partial charge in [0, 0.05) is 18.6 Å². The Hall–Kier alpha value is -1.32. The summed E-state index contributed by atoms with van der Waals surface area (Å²) >= 11 is 5.91. The smallest absolute Gasteiger partial charge is 0.221 e. The molecule has 2 heterocycles. The van der Waals surface area contributed by atoms with E-state index >= 15 is 0 Å². The predicted octanol–water partition coefficient (Wildman–Crippen LogP) is 3.78. The van der Waals surface area contributed by atoms with Gasteiger partial charge >= 0.3 is 0 Å². The normalized spacial score (nSPS) is 16.4. The quantitative estimate of drug-likeness (QED) is 0.803. The van der Waals surface area contributed by atoms with Crippen LogP contribution in [0.1, 0.15) is 18.5 Å². The topological polar surface area (TPSA) is 31.4 Å². The van der Waals surface area contributed by atoms with E-state index in [-0.39, 0.29) is 0 Å². The molecule has 0 saturated carbocycles. The zero-order valence-electron chi connectivity index (χ0n) is 11.3. The molecule has 4 heteroatoms. The number of hydrogen-bond acceptors (Lipinski definition) is 3. The van der Waals surface area contributed by atoms with Gasteiger partial charge in [0.1, 0.15) is 0 Å². The summed E-state index contributed by atoms with van der Waals surface area (Å²) in [5.41, 5.74) is 0.854. The van der Waals surface area contributed by atoms with Gasteiger partial charge in [0.25, 0.3) is 0 Å². The first-order valence-corrected chi connectivity index (χ1v) is 7.55. The van der Waals surface area contributed by atoms with Crippen molar-refractivity contribution in [1.82, 2.24) is 4.98 Å². The Bertz CT molecular complexity index is 582. The minimum Gasteiger partial charge on any atom is -0.477 e. The molecule has 1 aliphatic heterocycles. The third-order valence-corrected chi connectivity index (χ3v) is 3.97. The Morgan fingerprint density at radius 1 is 1.25 bits per heavy atom. The highest BCUT2D eigenvalue weighted by atomic mass is 35.5. The van der Waals surface area contributed by atoms with Crippen LogP contribution in [0.5, 0.6) is 5.88 Å². The number of fused-ring (bicyclic) bond motifs is 1. The first kappa shape index (κ1) is 13.7. The van der Waals surface area contributed by atoms with Crippen molar-refractivity contribution in [2.75, 3.05) is 19.8 Å². The average molecular weight is 292 g/mol. The van der Waals surface area contributed by atoms with Crippen molar-refractivity contribution >= 4 is 22.4 Å². The van der Waals surface area contributed by atoms with E-state index in [1.807, 2.05) is 24.3 Å². The first-order valence-electron chi connectivity index (χ1n) is 7.02. The highest BCUT2D eigenvalue weighted by Gasteiger charge is 2.15. The molecule has 20 heavy (non-hydrogen) atoms. The third kappa shape index (κ3) is 3.05. The van der Waals surface area contributed by atoms with Gasteiger partial charge in [-0.15, -0.1) is 11.6 Å². The predicted molar refractivity (Wildman–Crippen MR) is 80.3 cm³/mol. The van der Waals surface area contributed by atoms with Crippen molar-refractivity contribution in [3.05, 3.63) is 36.0 Å². The fraction of sp³-hybridized carbons (Fsp3) is 0.438. The Kier molecular flexibility index (Phi) is 4.38. The number of nitrogens with zero attached hydrogens (tertiary/aromatic N) is 1. The van der Waals surface area contributed by atoms with Gasteiger partial charge in [-0.3, -0.25) is 0 Å². The number of halogens is 1. The summed E-state index contributed by atoms with van der Waals surface area (Å²) in [5.74, 6) is 1.66. The summed E-state index contributed by atoms with van der Waals surface area (Å²) in [6, 6.07) is 10.1. The lowest BCUT2D eigenvalue weighted by atomic mass is 10.0. The van der Waals surface area contributed by atoms with Gasteiger partial charge in [-0.25, -0.2) is 4.98 Å². The van der Waals surface area contributed by atoms with Crippen LogP contribution < -0.4 is 4.74 Å². The highest BCUT2D eigenvalue weighted by molar-refractivity contribution is 6.17. The van der Waals surface area contributed by atoms with Gasteiger partial charge in [0.15, 0.2) is 0 Å². The monoisotopic (exact) mass is 291 g/mol. The molecule has 106 valence electrons. The van der Waals surface area contributed by atoms with Crippen LogP contribution in [0.4, 0.5) is 0 Å². The Morgan fingerprint density at radius 2 is 2.05 bits per heavy atom. The lowest BCUT2D eigenvalue weighted by Crippen LogP contribution is -2.21. The van der Waals surface area contributed by atoms with Crippen LogP contribution in [-0.4, -0.2) is 24.8 Å². The highest BCUT2D eigenvalue weighted by Crippen LogP contribution is 2.26. The maximum atomic E-state index is 5.98. The Labute approximate surface area is 123 Å². The summed E-state index contributed by atoms with van der Waals surface area (Å²) < 4.78 is 11.3. The van der Waals surface area contributed by atoms with E-state index in [1.54, 1.807) is 0 Å². The van der Waals surface area contributed by atoms with Crippen molar-refractivity contribution in [2.45, 2.75) is 18.7 Å². The van der Waals surface area contributed by atoms with Gasteiger partial charge in [0.05, 0.1) is 18.2 Å². The van der Waals surface area contributed by atoms with Crippen LogP contribution in [0.15, 0.2) is 30.3 Å². The fourth-order valence-electron chi connectivity index (χ4n) is 2.51. The molecular formula is C16H18ClNO2. The summed E-state index contributed by atoms with van der Waals surface area (Å²) in [6.07, 6.45) is 2.13. The van der Waals surface area contributed by atoms with E-state index in [9.17, 15) is 0 Å². The molecule has 0 aliphatic carbocycles. The molecule has 1 aliphatic rings. The van der Waals surface area contributed by atoms with Gasteiger partial charge in [-0.2, -0.15) is 0 Å². The largest absolute Gasteiger partial charge is 0.477 e. The molecule has 1 saturated heterocycles. The van der Waals surface area contributed by atoms with E-state index < -0.39 is 0 Å². The third-order valence-electron chi connectivity index (χ3n) is 3.69. The van der Waals surface area contributed by atoms with Crippen LogP contribution in [-0.2, 0) is 10.6 Å². The minimum absolute atomic E-state index is 0.401. The maximum absolute atomic E-state index is 5.98. The van der Waals surface area contributed by atoms with E-state index in [4.69, 9.17) is 21.1 Å². The number of alkyl halides is 1. The summed E-state index contributed by atoms with van der Waals surface area (Å²) in [5, 5.41) is 2.17. The van der Waals surface area contributed by atoms with Crippen molar-refractivity contribution in [2.24, 2.45) is 5.92 Å². The molecule has 0 amide bonds. The number of hydrogen-bond donors (Lipinski definition) is 0. The van der Waals surface area contributed by atoms with Gasteiger partial charge in [-0.05, 0) is 36.3 Å². The molecule has 3 rings (SSSR count). The zero-order valence-corrected chi connectivity index (χ0v) is 12.1. The van der Waals surface area contributed by atoms with Crippen LogP contribution in [0, 0.1) is 5.92 Å². The van der Waals surface area contributed by atoms with Gasteiger partial charge < -0.3 is 9.47 Å². The van der Waals surface area contributed by atoms with Crippen LogP contribution in [0.25, 0.3) is 10.8 Å². The molecular weight excluding hydrogens is 274 g/mol. The standard InChI is InChI=1S/C16H18ClNO2/c17-10-14-9-13-3-1-2-4-15(13)16(18-14)20-11-12-5-7-19-8-6-12/h1-4,9,12H,5-8,10-11H2. The van der Waals surface area contributed by atoms with Gasteiger partial charge in [0.2, 0.25) is 5.88 Å². The van der Waals surface area contributed by atoms with Gasteiger partial charge in [-0.1, -0.05) is 18.2 Å². The lowest BCUT2D eigenvalue weighted by Gasteiger charge is -2.22. The van der Waals surface area contributed by atoms with Crippen LogP contribution in [0.2, 0.25) is 0 Å². The molecule has 0 bridgehead atoms. The van der Waals surface area contributed by atoms with Crippen molar-refractivity contribution < 1.29 is 9.47 Å². The molecule has 1 aromatic heterocycles. The Balaban J connectivity index is 1.81. The molecule has 2 aromatic rings. The molecule has 0 unspecified atom stereocenters. The second kappa shape index (κ2) is 6.42. The van der Waals surface area contributed by atoms with Crippen molar-refractivity contribution in [3.8, 4) is 5.88 Å². The van der Waals surface area contributed by atoms with Crippen molar-refractivity contribution in [1.29, 1.82) is 0 Å². The lowest BCUT2D eigenvalue weighted by molar-refractivity contribution is 0.0493. The molecule has 1 fully saturated rings. The molecule has 0 spiro atoms. The molecule has 0 atom stereocenters. The summed E-state index contributed by atoms with van der Waals surface area (Å²) in [6.45, 7) is 2.37. The van der Waals surface area contributed by atoms with Crippen LogP contribution >= 0.6 is 11.6 Å². The first-order chi connectivity index (χ1) is 9.86. The summed E-state index contributed by atoms with van der Waals surface area (Å²) in [7, 11) is 0. The van der Waals surface area contributed by atoms with E-state index in [0.717, 1.165) is 42.5 Å². The molecule has 1 aromatic carbocycles. The minimum atomic E-state index is 0.401. The molecule has 0 radical (unpaired) electrons. The Morgan fingerprint density at radius 3 is 2.85 bits per heavy atom. The number of ether oxygens (including phenoxy) is 2. The SMILES string of the molecule is ClCc1cc2ccccc2c(OCC2CCOCC2)n1. The number of benzene rings is 1. The molecule has 3 nitrogen and oxygen atoms in total. The van der Waals surface area contributed by atoms with Crippen LogP contribution in [0.3, 0.4) is 0 Å². The number of aromatic nitrogens is 1. The number of rotatable bonds is 4. The van der Waals surface area contributed by atoms with Crippen molar-refractivity contribution in [3.63, 3.8) is 0 Å². The zero-order chi connectivity index (χ0) is 13.8. The second-order valence-electron chi connectivity index (χ2n) is 5.14. The summed E-state index contributed by atoms with van der Waals surface area (Å²) in [4.78, 5) is 4.52. The number of pyridine rings is 1. The van der Waals surface area contributed by atoms with E-state index in [1.165, 1.54) is 0 Å². The molecule has 0 N–H and O–H groups in total. The second-order valence-corrected chi connectivity index (χ2v) is 5.41. The van der Waals surface area contributed by atoms with E-state index in [0.29, 0.717) is 24.3 Å².